The minimum atomic E-state index is -0.226. The fourth-order valence-corrected chi connectivity index (χ4v) is 3.97. The van der Waals surface area contributed by atoms with Gasteiger partial charge in [0.25, 0.3) is 11.5 Å². The van der Waals surface area contributed by atoms with E-state index in [0.29, 0.717) is 34.7 Å². The van der Waals surface area contributed by atoms with Gasteiger partial charge >= 0.3 is 0 Å². The predicted octanol–water partition coefficient (Wildman–Crippen LogP) is 3.20. The smallest absolute Gasteiger partial charge is 0.261 e. The van der Waals surface area contributed by atoms with Crippen LogP contribution in [0.2, 0.25) is 0 Å². The van der Waals surface area contributed by atoms with Gasteiger partial charge in [0, 0.05) is 24.3 Å². The predicted molar refractivity (Wildman–Crippen MR) is 117 cm³/mol. The number of amides is 1. The van der Waals surface area contributed by atoms with Gasteiger partial charge in [0.1, 0.15) is 11.4 Å². The first kappa shape index (κ1) is 18.2. The van der Waals surface area contributed by atoms with E-state index in [1.807, 2.05) is 30.3 Å². The van der Waals surface area contributed by atoms with E-state index in [1.54, 1.807) is 12.3 Å². The second kappa shape index (κ2) is 7.18. The maximum atomic E-state index is 12.7. The molecule has 1 aliphatic rings. The maximum Gasteiger partial charge on any atom is 0.261 e. The quantitative estimate of drug-likeness (QED) is 0.414. The molecule has 0 unspecified atom stereocenters. The molecule has 1 atom stereocenters. The second-order valence-corrected chi connectivity index (χ2v) is 7.63. The van der Waals surface area contributed by atoms with Crippen LogP contribution in [-0.2, 0) is 13.0 Å². The van der Waals surface area contributed by atoms with Gasteiger partial charge in [0.2, 0.25) is 0 Å². The van der Waals surface area contributed by atoms with Crippen molar-refractivity contribution in [1.82, 2.24) is 20.3 Å². The van der Waals surface area contributed by atoms with Gasteiger partial charge in [-0.2, -0.15) is 0 Å². The van der Waals surface area contributed by atoms with Crippen LogP contribution in [0.4, 0.5) is 5.69 Å². The molecule has 5 rings (SSSR count). The van der Waals surface area contributed by atoms with Gasteiger partial charge in [0.05, 0.1) is 16.7 Å². The van der Waals surface area contributed by atoms with Crippen molar-refractivity contribution in [1.29, 1.82) is 0 Å². The fourth-order valence-electron chi connectivity index (χ4n) is 3.97. The Bertz CT molecular complexity index is 1310. The third kappa shape index (κ3) is 3.24. The molecule has 3 heterocycles. The molecule has 4 N–H and O–H groups in total. The summed E-state index contributed by atoms with van der Waals surface area (Å²) in [5.41, 5.74) is 5.19. The average molecular weight is 399 g/mol. The zero-order valence-corrected chi connectivity index (χ0v) is 16.5. The van der Waals surface area contributed by atoms with E-state index in [0.717, 1.165) is 17.5 Å². The fraction of sp³-hybridized carbons (Fsp3) is 0.174. The molecule has 1 aliphatic heterocycles. The summed E-state index contributed by atoms with van der Waals surface area (Å²) in [5.74, 6) is 0.386. The number of H-pyrrole nitrogens is 2. The van der Waals surface area contributed by atoms with Crippen LogP contribution in [0, 0.1) is 0 Å². The Morgan fingerprint density at radius 3 is 2.80 bits per heavy atom. The number of benzene rings is 2. The molecule has 0 fully saturated rings. The largest absolute Gasteiger partial charge is 0.381 e. The number of fused-ring (bicyclic) bond motifs is 2. The molecule has 150 valence electrons. The average Bonchev–Trinajstić information content (AvgIpc) is 3.30. The van der Waals surface area contributed by atoms with Crippen molar-refractivity contribution in [2.24, 2.45) is 0 Å². The summed E-state index contributed by atoms with van der Waals surface area (Å²) in [6, 6.07) is 15.9. The van der Waals surface area contributed by atoms with Gasteiger partial charge < -0.3 is 20.6 Å². The molecule has 0 saturated heterocycles. The van der Waals surface area contributed by atoms with Gasteiger partial charge in [-0.05, 0) is 42.7 Å². The number of aromatic amines is 2. The molecule has 4 aromatic rings. The van der Waals surface area contributed by atoms with E-state index in [4.69, 9.17) is 0 Å². The summed E-state index contributed by atoms with van der Waals surface area (Å²) in [6.45, 7) is 2.59. The zero-order chi connectivity index (χ0) is 20.7. The Morgan fingerprint density at radius 2 is 1.97 bits per heavy atom. The van der Waals surface area contributed by atoms with Crippen LogP contribution in [-0.4, -0.2) is 26.9 Å². The third-order valence-electron chi connectivity index (χ3n) is 5.38. The standard InChI is InChI=1S/C23H21N5O2/c1-13(9-14-5-3-2-4-6-14)26-17-7-8-24-23(30)20(17)21-27-18-10-15-12-25-22(29)16(15)11-19(18)28-21/h2-8,10-11,13H,9,12H2,1H3,(H,25,29)(H,27,28)(H2,24,26,30)/t13-/m0/s1. The highest BCUT2D eigenvalue weighted by molar-refractivity contribution is 6.01. The molecular formula is C23H21N5O2. The molecule has 0 aliphatic carbocycles. The van der Waals surface area contributed by atoms with E-state index in [2.05, 4.69) is 44.6 Å². The van der Waals surface area contributed by atoms with Crippen LogP contribution < -0.4 is 16.2 Å². The molecule has 0 radical (unpaired) electrons. The molecular weight excluding hydrogens is 378 g/mol. The van der Waals surface area contributed by atoms with E-state index in [1.165, 1.54) is 5.56 Å². The van der Waals surface area contributed by atoms with Crippen molar-refractivity contribution in [3.63, 3.8) is 0 Å². The Labute approximate surface area is 172 Å². The van der Waals surface area contributed by atoms with Crippen LogP contribution in [0.5, 0.6) is 0 Å². The number of nitrogens with one attached hydrogen (secondary N) is 4. The summed E-state index contributed by atoms with van der Waals surface area (Å²) in [5, 5.41) is 6.26. The summed E-state index contributed by atoms with van der Waals surface area (Å²) in [7, 11) is 0. The van der Waals surface area contributed by atoms with E-state index in [-0.39, 0.29) is 17.5 Å². The lowest BCUT2D eigenvalue weighted by Gasteiger charge is -2.17. The SMILES string of the molecule is C[C@@H](Cc1ccccc1)Nc1cc[nH]c(=O)c1-c1nc2cc3c(cc2[nH]1)CNC3=O. The van der Waals surface area contributed by atoms with E-state index >= 15 is 0 Å². The highest BCUT2D eigenvalue weighted by Gasteiger charge is 2.22. The summed E-state index contributed by atoms with van der Waals surface area (Å²) < 4.78 is 0. The topological polar surface area (TPSA) is 103 Å². The number of aromatic nitrogens is 3. The lowest BCUT2D eigenvalue weighted by molar-refractivity contribution is 0.0966. The molecule has 7 heteroatoms. The number of hydrogen-bond donors (Lipinski definition) is 4. The van der Waals surface area contributed by atoms with E-state index < -0.39 is 0 Å². The molecule has 1 amide bonds. The minimum Gasteiger partial charge on any atom is -0.381 e. The summed E-state index contributed by atoms with van der Waals surface area (Å²) in [4.78, 5) is 35.2. The van der Waals surface area contributed by atoms with Crippen LogP contribution in [0.25, 0.3) is 22.4 Å². The number of carbonyl (C=O) groups excluding carboxylic acids is 1. The Hall–Kier alpha value is -3.87. The molecule has 30 heavy (non-hydrogen) atoms. The van der Waals surface area contributed by atoms with E-state index in [9.17, 15) is 9.59 Å². The van der Waals surface area contributed by atoms with Crippen molar-refractivity contribution in [3.05, 3.63) is 81.8 Å². The number of anilines is 1. The van der Waals surface area contributed by atoms with Gasteiger partial charge in [-0.15, -0.1) is 0 Å². The molecule has 2 aromatic heterocycles. The lowest BCUT2D eigenvalue weighted by atomic mass is 10.1. The number of imidazole rings is 1. The van der Waals surface area contributed by atoms with Crippen LogP contribution in [0.3, 0.4) is 0 Å². The van der Waals surface area contributed by atoms with Crippen molar-refractivity contribution >= 4 is 22.6 Å². The third-order valence-corrected chi connectivity index (χ3v) is 5.38. The lowest BCUT2D eigenvalue weighted by Crippen LogP contribution is -2.21. The van der Waals surface area contributed by atoms with Gasteiger partial charge in [-0.1, -0.05) is 30.3 Å². The van der Waals surface area contributed by atoms with Gasteiger partial charge in [-0.3, -0.25) is 9.59 Å². The highest BCUT2D eigenvalue weighted by atomic mass is 16.2. The van der Waals surface area contributed by atoms with Crippen LogP contribution >= 0.6 is 0 Å². The number of pyridine rings is 1. The summed E-state index contributed by atoms with van der Waals surface area (Å²) >= 11 is 0. The normalized spacial score (nSPS) is 13.8. The van der Waals surface area contributed by atoms with Crippen molar-refractivity contribution in [2.45, 2.75) is 25.9 Å². The minimum absolute atomic E-state index is 0.0916. The first-order valence-electron chi connectivity index (χ1n) is 9.92. The van der Waals surface area contributed by atoms with Crippen molar-refractivity contribution in [3.8, 4) is 11.4 Å². The zero-order valence-electron chi connectivity index (χ0n) is 16.5. The summed E-state index contributed by atoms with van der Waals surface area (Å²) in [6.07, 6.45) is 2.46. The molecule has 0 bridgehead atoms. The van der Waals surface area contributed by atoms with Crippen LogP contribution in [0.1, 0.15) is 28.4 Å². The maximum absolute atomic E-state index is 12.7. The molecule has 0 saturated carbocycles. The van der Waals surface area contributed by atoms with Crippen LogP contribution in [0.15, 0.2) is 59.5 Å². The number of carbonyl (C=O) groups is 1. The van der Waals surface area contributed by atoms with Crippen molar-refractivity contribution in [2.75, 3.05) is 5.32 Å². The first-order chi connectivity index (χ1) is 14.6. The first-order valence-corrected chi connectivity index (χ1v) is 9.92. The monoisotopic (exact) mass is 399 g/mol. The van der Waals surface area contributed by atoms with Crippen molar-refractivity contribution < 1.29 is 4.79 Å². The number of hydrogen-bond acceptors (Lipinski definition) is 4. The Kier molecular flexibility index (Phi) is 4.35. The Morgan fingerprint density at radius 1 is 1.13 bits per heavy atom. The number of rotatable bonds is 5. The highest BCUT2D eigenvalue weighted by Crippen LogP contribution is 2.28. The Balaban J connectivity index is 1.50. The molecule has 0 spiro atoms. The van der Waals surface area contributed by atoms with Gasteiger partial charge in [-0.25, -0.2) is 4.98 Å². The number of nitrogens with zero attached hydrogens (tertiary/aromatic N) is 1. The second-order valence-electron chi connectivity index (χ2n) is 7.63. The molecule has 7 nitrogen and oxygen atoms in total. The van der Waals surface area contributed by atoms with Gasteiger partial charge in [0.15, 0.2) is 0 Å². The molecule has 2 aromatic carbocycles.